The van der Waals surface area contributed by atoms with Crippen LogP contribution in [-0.4, -0.2) is 24.1 Å². The Bertz CT molecular complexity index is 265. The molecule has 138 valence electrons. The van der Waals surface area contributed by atoms with Crippen LogP contribution in [0, 0.1) is 5.92 Å². The Kier molecular flexibility index (Phi) is 15.8. The number of nitrogens with zero attached hydrogens (tertiary/aromatic N) is 1. The normalized spacial score (nSPS) is 12.3. The fraction of sp³-hybridized carbons (Fsp3) is 0.947. The number of rotatable bonds is 16. The van der Waals surface area contributed by atoms with Gasteiger partial charge in [-0.3, -0.25) is 4.79 Å². The molecule has 0 aliphatic rings. The first-order valence-corrected chi connectivity index (χ1v) is 10.0. The van der Waals surface area contributed by atoms with E-state index in [4.69, 9.17) is 0 Å². The van der Waals surface area contributed by atoms with E-state index in [1.807, 2.05) is 13.8 Å². The van der Waals surface area contributed by atoms with Gasteiger partial charge in [0.15, 0.2) is 0 Å². The molecule has 4 heteroatoms. The van der Waals surface area contributed by atoms with Crippen molar-refractivity contribution in [2.45, 2.75) is 98.3 Å². The predicted octanol–water partition coefficient (Wildman–Crippen LogP) is 4.81. The Morgan fingerprint density at radius 2 is 1.26 bits per heavy atom. The highest BCUT2D eigenvalue weighted by molar-refractivity contribution is 5.77. The zero-order valence-corrected chi connectivity index (χ0v) is 16.1. The van der Waals surface area contributed by atoms with Gasteiger partial charge in [0, 0.05) is 19.0 Å². The average molecular weight is 328 g/mol. The van der Waals surface area contributed by atoms with Crippen molar-refractivity contribution in [1.29, 1.82) is 0 Å². The third-order valence-electron chi connectivity index (χ3n) is 4.25. The Hall–Kier alpha value is -0.610. The van der Waals surface area contributed by atoms with E-state index in [-0.39, 0.29) is 11.8 Å². The first kappa shape index (κ1) is 22.4. The van der Waals surface area contributed by atoms with Crippen molar-refractivity contribution < 1.29 is 4.79 Å². The molecule has 0 aromatic heterocycles. The summed E-state index contributed by atoms with van der Waals surface area (Å²) in [7, 11) is 0. The van der Waals surface area contributed by atoms with Crippen molar-refractivity contribution >= 4 is 5.91 Å². The lowest BCUT2D eigenvalue weighted by molar-refractivity contribution is -0.143. The van der Waals surface area contributed by atoms with E-state index in [1.54, 1.807) is 5.12 Å². The summed E-state index contributed by atoms with van der Waals surface area (Å²) in [4.78, 5) is 12.7. The molecule has 0 bridgehead atoms. The van der Waals surface area contributed by atoms with Crippen LogP contribution in [0.25, 0.3) is 0 Å². The van der Waals surface area contributed by atoms with E-state index < -0.39 is 0 Å². The molecule has 0 heterocycles. The second kappa shape index (κ2) is 16.3. The number of nitrogens with one attached hydrogen (secondary N) is 2. The second-order valence-electron chi connectivity index (χ2n) is 6.45. The number of carbonyl (C=O) groups is 1. The highest BCUT2D eigenvalue weighted by atomic mass is 16.2. The molecular weight excluding hydrogens is 286 g/mol. The molecule has 0 saturated heterocycles. The summed E-state index contributed by atoms with van der Waals surface area (Å²) >= 11 is 0. The van der Waals surface area contributed by atoms with Crippen molar-refractivity contribution in [2.75, 3.05) is 13.1 Å². The molecule has 0 fully saturated rings. The molecule has 0 aromatic rings. The zero-order chi connectivity index (χ0) is 17.3. The second-order valence-corrected chi connectivity index (χ2v) is 6.45. The molecule has 0 aliphatic carbocycles. The van der Waals surface area contributed by atoms with E-state index >= 15 is 0 Å². The highest BCUT2D eigenvalue weighted by Gasteiger charge is 2.22. The van der Waals surface area contributed by atoms with Gasteiger partial charge >= 0.3 is 0 Å². The monoisotopic (exact) mass is 327 g/mol. The van der Waals surface area contributed by atoms with Crippen LogP contribution in [0.1, 0.15) is 98.3 Å². The summed E-state index contributed by atoms with van der Waals surface area (Å²) in [6.07, 6.45) is 13.6. The summed E-state index contributed by atoms with van der Waals surface area (Å²) in [6, 6.07) is 0. The van der Waals surface area contributed by atoms with Crippen molar-refractivity contribution in [3.05, 3.63) is 0 Å². The minimum Gasteiger partial charge on any atom is -0.272 e. The molecule has 1 atom stereocenters. The maximum atomic E-state index is 12.7. The smallest absolute Gasteiger partial charge is 0.254 e. The number of hydrogen-bond acceptors (Lipinski definition) is 3. The Morgan fingerprint density at radius 3 is 1.74 bits per heavy atom. The molecule has 0 saturated carbocycles. The lowest BCUT2D eigenvalue weighted by Crippen LogP contribution is -2.53. The summed E-state index contributed by atoms with van der Waals surface area (Å²) in [5.41, 5.74) is 6.25. The van der Waals surface area contributed by atoms with Gasteiger partial charge in [-0.2, -0.15) is 0 Å². The SMILES string of the molecule is CCCCCCCCCCC(CCC)C(=O)N(NCC)NCC. The maximum Gasteiger partial charge on any atom is 0.254 e. The highest BCUT2D eigenvalue weighted by Crippen LogP contribution is 2.19. The first-order valence-electron chi connectivity index (χ1n) is 10.0. The minimum absolute atomic E-state index is 0.151. The van der Waals surface area contributed by atoms with Crippen LogP contribution in [-0.2, 0) is 4.79 Å². The number of carbonyl (C=O) groups excluding carboxylic acids is 1. The van der Waals surface area contributed by atoms with E-state index in [0.29, 0.717) is 0 Å². The van der Waals surface area contributed by atoms with Gasteiger partial charge in [0.25, 0.3) is 5.91 Å². The largest absolute Gasteiger partial charge is 0.272 e. The molecule has 0 aliphatic heterocycles. The van der Waals surface area contributed by atoms with Crippen molar-refractivity contribution in [1.82, 2.24) is 16.0 Å². The maximum absolute atomic E-state index is 12.7. The average Bonchev–Trinajstić information content (AvgIpc) is 2.55. The fourth-order valence-electron chi connectivity index (χ4n) is 2.97. The van der Waals surface area contributed by atoms with Crippen LogP contribution in [0.3, 0.4) is 0 Å². The zero-order valence-electron chi connectivity index (χ0n) is 16.1. The van der Waals surface area contributed by atoms with Crippen LogP contribution in [0.2, 0.25) is 0 Å². The molecule has 0 radical (unpaired) electrons. The Balaban J connectivity index is 4.06. The summed E-state index contributed by atoms with van der Waals surface area (Å²) in [6.45, 7) is 9.98. The molecule has 4 nitrogen and oxygen atoms in total. The summed E-state index contributed by atoms with van der Waals surface area (Å²) in [5, 5.41) is 1.62. The molecule has 2 N–H and O–H groups in total. The van der Waals surface area contributed by atoms with E-state index in [2.05, 4.69) is 24.7 Å². The molecule has 0 aromatic carbocycles. The van der Waals surface area contributed by atoms with Crippen LogP contribution < -0.4 is 10.9 Å². The predicted molar refractivity (Wildman–Crippen MR) is 99.8 cm³/mol. The van der Waals surface area contributed by atoms with E-state index in [1.165, 1.54) is 51.4 Å². The molecule has 1 unspecified atom stereocenters. The number of unbranched alkanes of at least 4 members (excludes halogenated alkanes) is 7. The summed E-state index contributed by atoms with van der Waals surface area (Å²) in [5.74, 6) is 0.358. The lowest BCUT2D eigenvalue weighted by atomic mass is 9.95. The van der Waals surface area contributed by atoms with Gasteiger partial charge in [-0.15, -0.1) is 0 Å². The van der Waals surface area contributed by atoms with Crippen molar-refractivity contribution in [3.8, 4) is 0 Å². The minimum atomic E-state index is 0.151. The van der Waals surface area contributed by atoms with Gasteiger partial charge in [-0.1, -0.05) is 85.5 Å². The van der Waals surface area contributed by atoms with E-state index in [9.17, 15) is 4.79 Å². The number of hydrogen-bond donors (Lipinski definition) is 2. The van der Waals surface area contributed by atoms with Gasteiger partial charge in [0.2, 0.25) is 0 Å². The fourth-order valence-corrected chi connectivity index (χ4v) is 2.97. The van der Waals surface area contributed by atoms with Crippen LogP contribution >= 0.6 is 0 Å². The number of amides is 1. The number of hydrazine groups is 2. The van der Waals surface area contributed by atoms with Gasteiger partial charge in [-0.05, 0) is 12.8 Å². The van der Waals surface area contributed by atoms with E-state index in [0.717, 1.165) is 32.4 Å². The third-order valence-corrected chi connectivity index (χ3v) is 4.25. The topological polar surface area (TPSA) is 44.4 Å². The summed E-state index contributed by atoms with van der Waals surface area (Å²) < 4.78 is 0. The van der Waals surface area contributed by atoms with Crippen LogP contribution in [0.15, 0.2) is 0 Å². The van der Waals surface area contributed by atoms with Gasteiger partial charge in [0.1, 0.15) is 0 Å². The van der Waals surface area contributed by atoms with Crippen molar-refractivity contribution in [2.24, 2.45) is 5.92 Å². The molecule has 0 rings (SSSR count). The van der Waals surface area contributed by atoms with Crippen molar-refractivity contribution in [3.63, 3.8) is 0 Å². The van der Waals surface area contributed by atoms with Gasteiger partial charge in [0.05, 0.1) is 0 Å². The molecule has 0 spiro atoms. The molecule has 1 amide bonds. The van der Waals surface area contributed by atoms with Crippen LogP contribution in [0.4, 0.5) is 0 Å². The first-order chi connectivity index (χ1) is 11.2. The quantitative estimate of drug-likeness (QED) is 0.316. The Labute approximate surface area is 144 Å². The molecule has 23 heavy (non-hydrogen) atoms. The molecular formula is C19H41N3O. The third kappa shape index (κ3) is 11.5. The van der Waals surface area contributed by atoms with Crippen LogP contribution in [0.5, 0.6) is 0 Å². The lowest BCUT2D eigenvalue weighted by Gasteiger charge is -2.27. The van der Waals surface area contributed by atoms with Gasteiger partial charge in [-0.25, -0.2) is 16.0 Å². The standard InChI is InChI=1S/C19H41N3O/c1-5-9-10-11-12-13-14-15-17-18(16-6-2)19(23)22(20-7-3)21-8-4/h18,20-21H,5-17H2,1-4H3. The van der Waals surface area contributed by atoms with Gasteiger partial charge < -0.3 is 0 Å². The Morgan fingerprint density at radius 1 is 0.739 bits per heavy atom.